The van der Waals surface area contributed by atoms with Crippen molar-refractivity contribution in [1.29, 1.82) is 0 Å². The summed E-state index contributed by atoms with van der Waals surface area (Å²) < 4.78 is 18.0. The van der Waals surface area contributed by atoms with Crippen molar-refractivity contribution in [2.75, 3.05) is 19.0 Å². The third-order valence-electron chi connectivity index (χ3n) is 2.49. The van der Waals surface area contributed by atoms with E-state index in [1.54, 1.807) is 0 Å². The molecule has 0 heterocycles. The minimum absolute atomic E-state index is 0.0528. The number of carboxylic acids is 1. The number of rotatable bonds is 6. The molecule has 1 aromatic carbocycles. The number of amides is 2. The van der Waals surface area contributed by atoms with E-state index in [2.05, 4.69) is 15.4 Å². The Morgan fingerprint density at radius 3 is 2.62 bits per heavy atom. The minimum Gasteiger partial charge on any atom is -0.481 e. The maximum Gasteiger partial charge on any atom is 0.340 e. The third-order valence-corrected chi connectivity index (χ3v) is 2.49. The summed E-state index contributed by atoms with van der Waals surface area (Å²) in [7, 11) is 1.14. The molecule has 0 saturated carbocycles. The van der Waals surface area contributed by atoms with E-state index < -0.39 is 23.8 Å². The first-order valence-electron chi connectivity index (χ1n) is 6.08. The number of carboxylic acid groups (broad SMARTS) is 1. The van der Waals surface area contributed by atoms with Gasteiger partial charge in [0.05, 0.1) is 12.7 Å². The van der Waals surface area contributed by atoms with Crippen LogP contribution >= 0.6 is 0 Å². The highest BCUT2D eigenvalue weighted by molar-refractivity contribution is 5.92. The van der Waals surface area contributed by atoms with Crippen LogP contribution in [0, 0.1) is 5.82 Å². The van der Waals surface area contributed by atoms with Crippen LogP contribution in [0.2, 0.25) is 0 Å². The highest BCUT2D eigenvalue weighted by atomic mass is 19.1. The molecule has 1 rings (SSSR count). The van der Waals surface area contributed by atoms with Gasteiger partial charge in [0.15, 0.2) is 0 Å². The number of aliphatic carboxylic acids is 1. The Balaban J connectivity index is 2.51. The first kappa shape index (κ1) is 16.4. The smallest absolute Gasteiger partial charge is 0.340 e. The molecule has 0 aliphatic heterocycles. The zero-order chi connectivity index (χ0) is 15.8. The van der Waals surface area contributed by atoms with Gasteiger partial charge in [0.1, 0.15) is 5.82 Å². The van der Waals surface area contributed by atoms with Crippen LogP contribution in [0.25, 0.3) is 0 Å². The maximum absolute atomic E-state index is 13.6. The van der Waals surface area contributed by atoms with Gasteiger partial charge in [0.25, 0.3) is 0 Å². The molecule has 0 aliphatic carbocycles. The lowest BCUT2D eigenvalue weighted by atomic mass is 10.2. The summed E-state index contributed by atoms with van der Waals surface area (Å²) in [4.78, 5) is 32.9. The van der Waals surface area contributed by atoms with Gasteiger partial charge in [-0.15, -0.1) is 0 Å². The fourth-order valence-electron chi connectivity index (χ4n) is 1.49. The first-order valence-corrected chi connectivity index (χ1v) is 6.08. The Kier molecular flexibility index (Phi) is 6.12. The van der Waals surface area contributed by atoms with Crippen LogP contribution in [0.15, 0.2) is 18.2 Å². The van der Waals surface area contributed by atoms with Gasteiger partial charge >= 0.3 is 18.0 Å². The number of carbonyl (C=O) groups is 3. The molecule has 21 heavy (non-hydrogen) atoms. The zero-order valence-electron chi connectivity index (χ0n) is 11.3. The summed E-state index contributed by atoms with van der Waals surface area (Å²) in [6.45, 7) is 0.181. The van der Waals surface area contributed by atoms with Crippen molar-refractivity contribution in [1.82, 2.24) is 5.32 Å². The van der Waals surface area contributed by atoms with E-state index >= 15 is 0 Å². The molecule has 0 aliphatic rings. The summed E-state index contributed by atoms with van der Waals surface area (Å²) in [5.41, 5.74) is -0.0687. The maximum atomic E-state index is 13.6. The van der Waals surface area contributed by atoms with E-state index in [0.29, 0.717) is 6.42 Å². The van der Waals surface area contributed by atoms with Crippen molar-refractivity contribution in [2.24, 2.45) is 0 Å². The second-order valence-corrected chi connectivity index (χ2v) is 4.06. The SMILES string of the molecule is COC(=O)c1ccc(NC(=O)NCCCC(=O)O)cc1F. The summed E-state index contributed by atoms with van der Waals surface area (Å²) in [5, 5.41) is 13.2. The molecule has 0 aromatic heterocycles. The number of halogens is 1. The van der Waals surface area contributed by atoms with E-state index in [0.717, 1.165) is 13.2 Å². The van der Waals surface area contributed by atoms with Gasteiger partial charge < -0.3 is 20.5 Å². The van der Waals surface area contributed by atoms with Crippen LogP contribution in [-0.4, -0.2) is 36.7 Å². The number of nitrogens with one attached hydrogen (secondary N) is 2. The molecule has 8 heteroatoms. The second kappa shape index (κ2) is 7.83. The van der Waals surface area contributed by atoms with Crippen molar-refractivity contribution in [3.63, 3.8) is 0 Å². The Morgan fingerprint density at radius 2 is 2.05 bits per heavy atom. The molecular weight excluding hydrogens is 283 g/mol. The van der Waals surface area contributed by atoms with Crippen molar-refractivity contribution in [2.45, 2.75) is 12.8 Å². The minimum atomic E-state index is -0.947. The Morgan fingerprint density at radius 1 is 1.33 bits per heavy atom. The van der Waals surface area contributed by atoms with Crippen LogP contribution in [-0.2, 0) is 9.53 Å². The number of hydrogen-bond acceptors (Lipinski definition) is 4. The standard InChI is InChI=1S/C13H15FN2O5/c1-21-12(19)9-5-4-8(7-10(9)14)16-13(20)15-6-2-3-11(17)18/h4-5,7H,2-3,6H2,1H3,(H,17,18)(H2,15,16,20). The molecule has 0 fully saturated rings. The van der Waals surface area contributed by atoms with E-state index in [-0.39, 0.29) is 24.2 Å². The van der Waals surface area contributed by atoms with E-state index in [1.165, 1.54) is 12.1 Å². The van der Waals surface area contributed by atoms with Crippen LogP contribution in [0.1, 0.15) is 23.2 Å². The number of benzene rings is 1. The van der Waals surface area contributed by atoms with Gasteiger partial charge in [-0.2, -0.15) is 0 Å². The molecule has 3 N–H and O–H groups in total. The quantitative estimate of drug-likeness (QED) is 0.546. The van der Waals surface area contributed by atoms with Gasteiger partial charge in [-0.25, -0.2) is 14.0 Å². The van der Waals surface area contributed by atoms with Gasteiger partial charge in [0, 0.05) is 18.7 Å². The van der Waals surface area contributed by atoms with Gasteiger partial charge in [-0.3, -0.25) is 4.79 Å². The van der Waals surface area contributed by atoms with E-state index in [4.69, 9.17) is 5.11 Å². The van der Waals surface area contributed by atoms with Crippen LogP contribution < -0.4 is 10.6 Å². The number of anilines is 1. The molecule has 0 bridgehead atoms. The van der Waals surface area contributed by atoms with Crippen molar-refractivity contribution < 1.29 is 28.6 Å². The number of urea groups is 1. The van der Waals surface area contributed by atoms with E-state index in [1.807, 2.05) is 0 Å². The lowest BCUT2D eigenvalue weighted by Crippen LogP contribution is -2.29. The number of hydrogen-bond donors (Lipinski definition) is 3. The average Bonchev–Trinajstić information content (AvgIpc) is 2.43. The molecule has 114 valence electrons. The molecule has 0 atom stereocenters. The Labute approximate surface area is 120 Å². The molecular formula is C13H15FN2O5. The summed E-state index contributed by atoms with van der Waals surface area (Å²) >= 11 is 0. The fourth-order valence-corrected chi connectivity index (χ4v) is 1.49. The van der Waals surface area contributed by atoms with Crippen molar-refractivity contribution >= 4 is 23.7 Å². The first-order chi connectivity index (χ1) is 9.93. The molecule has 0 unspecified atom stereocenters. The number of methoxy groups -OCH3 is 1. The Hall–Kier alpha value is -2.64. The molecule has 0 spiro atoms. The number of esters is 1. The summed E-state index contributed by atoms with van der Waals surface area (Å²) in [6.07, 6.45) is 0.237. The Bertz CT molecular complexity index is 547. The molecule has 0 saturated heterocycles. The topological polar surface area (TPSA) is 105 Å². The predicted octanol–water partition coefficient (Wildman–Crippen LogP) is 1.60. The summed E-state index contributed by atoms with van der Waals surface area (Å²) in [5.74, 6) is -2.57. The van der Waals surface area contributed by atoms with Gasteiger partial charge in [0.2, 0.25) is 0 Å². The fraction of sp³-hybridized carbons (Fsp3) is 0.308. The highest BCUT2D eigenvalue weighted by Crippen LogP contribution is 2.15. The van der Waals surface area contributed by atoms with Crippen LogP contribution in [0.5, 0.6) is 0 Å². The monoisotopic (exact) mass is 298 g/mol. The van der Waals surface area contributed by atoms with Gasteiger partial charge in [-0.05, 0) is 24.6 Å². The molecule has 0 radical (unpaired) electrons. The van der Waals surface area contributed by atoms with E-state index in [9.17, 15) is 18.8 Å². The molecule has 2 amide bonds. The lowest BCUT2D eigenvalue weighted by molar-refractivity contribution is -0.137. The highest BCUT2D eigenvalue weighted by Gasteiger charge is 2.13. The number of carbonyl (C=O) groups excluding carboxylic acids is 2. The summed E-state index contributed by atoms with van der Waals surface area (Å²) in [6, 6.07) is 2.95. The lowest BCUT2D eigenvalue weighted by Gasteiger charge is -2.08. The van der Waals surface area contributed by atoms with Crippen LogP contribution in [0.4, 0.5) is 14.9 Å². The van der Waals surface area contributed by atoms with Crippen molar-refractivity contribution in [3.05, 3.63) is 29.6 Å². The zero-order valence-corrected chi connectivity index (χ0v) is 11.3. The van der Waals surface area contributed by atoms with Gasteiger partial charge in [-0.1, -0.05) is 0 Å². The second-order valence-electron chi connectivity index (χ2n) is 4.06. The number of ether oxygens (including phenoxy) is 1. The average molecular weight is 298 g/mol. The largest absolute Gasteiger partial charge is 0.481 e. The predicted molar refractivity (Wildman–Crippen MR) is 71.6 cm³/mol. The van der Waals surface area contributed by atoms with Crippen LogP contribution in [0.3, 0.4) is 0 Å². The molecule has 7 nitrogen and oxygen atoms in total. The normalized spacial score (nSPS) is 9.81. The third kappa shape index (κ3) is 5.47. The molecule has 1 aromatic rings. The van der Waals surface area contributed by atoms with Crippen molar-refractivity contribution in [3.8, 4) is 0 Å².